The van der Waals surface area contributed by atoms with Crippen LogP contribution in [0.4, 0.5) is 4.39 Å². The van der Waals surface area contributed by atoms with Gasteiger partial charge in [-0.1, -0.05) is 31.0 Å². The van der Waals surface area contributed by atoms with E-state index in [4.69, 9.17) is 11.6 Å². The van der Waals surface area contributed by atoms with E-state index in [1.807, 2.05) is 0 Å². The van der Waals surface area contributed by atoms with Gasteiger partial charge in [-0.05, 0) is 49.3 Å². The highest BCUT2D eigenvalue weighted by Crippen LogP contribution is 2.45. The van der Waals surface area contributed by atoms with Gasteiger partial charge in [-0.3, -0.25) is 0 Å². The van der Waals surface area contributed by atoms with Gasteiger partial charge in [0.25, 0.3) is 0 Å². The van der Waals surface area contributed by atoms with Gasteiger partial charge in [0.1, 0.15) is 5.82 Å². The van der Waals surface area contributed by atoms with Crippen molar-refractivity contribution in [2.75, 3.05) is 0 Å². The summed E-state index contributed by atoms with van der Waals surface area (Å²) in [6.45, 7) is 2.17. The average molecular weight is 266 g/mol. The van der Waals surface area contributed by atoms with Crippen LogP contribution in [0.5, 0.6) is 0 Å². The van der Waals surface area contributed by atoms with Gasteiger partial charge in [0.05, 0.1) is 16.5 Å². The maximum absolute atomic E-state index is 13.1. The Labute approximate surface area is 113 Å². The molecular formula is C15H17ClFN. The van der Waals surface area contributed by atoms with Crippen LogP contribution in [0.15, 0.2) is 18.2 Å². The van der Waals surface area contributed by atoms with E-state index in [1.165, 1.54) is 6.07 Å². The van der Waals surface area contributed by atoms with Gasteiger partial charge in [-0.25, -0.2) is 4.39 Å². The van der Waals surface area contributed by atoms with E-state index in [0.29, 0.717) is 12.3 Å². The molecule has 1 fully saturated rings. The Kier molecular flexibility index (Phi) is 3.92. The molecule has 96 valence electrons. The molecule has 0 saturated heterocycles. The summed E-state index contributed by atoms with van der Waals surface area (Å²) >= 11 is 5.79. The van der Waals surface area contributed by atoms with Gasteiger partial charge in [0.2, 0.25) is 0 Å². The lowest BCUT2D eigenvalue weighted by atomic mass is 9.80. The molecule has 3 heteroatoms. The topological polar surface area (TPSA) is 23.8 Å². The van der Waals surface area contributed by atoms with Gasteiger partial charge < -0.3 is 0 Å². The maximum Gasteiger partial charge on any atom is 0.141 e. The molecule has 0 N–H and O–H groups in total. The lowest BCUT2D eigenvalue weighted by Gasteiger charge is -2.21. The Morgan fingerprint density at radius 1 is 1.56 bits per heavy atom. The Hall–Kier alpha value is -1.07. The Morgan fingerprint density at radius 3 is 2.89 bits per heavy atom. The summed E-state index contributed by atoms with van der Waals surface area (Å²) in [5.41, 5.74) is 0.682. The molecule has 2 unspecified atom stereocenters. The molecule has 1 aliphatic rings. The van der Waals surface area contributed by atoms with Crippen molar-refractivity contribution in [3.8, 4) is 6.07 Å². The third kappa shape index (κ3) is 2.67. The van der Waals surface area contributed by atoms with E-state index in [0.717, 1.165) is 31.2 Å². The SMILES string of the molecule is CCC1CCC(C#N)(Cc2ccc(F)c(Cl)c2)C1. The van der Waals surface area contributed by atoms with E-state index in [9.17, 15) is 9.65 Å². The van der Waals surface area contributed by atoms with Crippen LogP contribution in [0.1, 0.15) is 38.2 Å². The maximum atomic E-state index is 13.1. The predicted molar refractivity (Wildman–Crippen MR) is 70.8 cm³/mol. The molecule has 0 aliphatic heterocycles. The molecule has 0 amide bonds. The van der Waals surface area contributed by atoms with Crippen molar-refractivity contribution in [1.82, 2.24) is 0 Å². The molecule has 1 saturated carbocycles. The van der Waals surface area contributed by atoms with Crippen LogP contribution in [-0.2, 0) is 6.42 Å². The van der Waals surface area contributed by atoms with Crippen molar-refractivity contribution < 1.29 is 4.39 Å². The number of rotatable bonds is 3. The van der Waals surface area contributed by atoms with Crippen LogP contribution < -0.4 is 0 Å². The second-order valence-electron chi connectivity index (χ2n) is 5.33. The van der Waals surface area contributed by atoms with Crippen molar-refractivity contribution in [2.45, 2.75) is 39.0 Å². The zero-order valence-corrected chi connectivity index (χ0v) is 11.3. The molecule has 18 heavy (non-hydrogen) atoms. The number of hydrogen-bond acceptors (Lipinski definition) is 1. The zero-order chi connectivity index (χ0) is 13.2. The second-order valence-corrected chi connectivity index (χ2v) is 5.74. The van der Waals surface area contributed by atoms with E-state index < -0.39 is 5.82 Å². The normalized spacial score (nSPS) is 27.1. The van der Waals surface area contributed by atoms with Crippen molar-refractivity contribution >= 4 is 11.6 Å². The highest BCUT2D eigenvalue weighted by molar-refractivity contribution is 6.30. The second kappa shape index (κ2) is 5.28. The molecule has 0 spiro atoms. The number of hydrogen-bond donors (Lipinski definition) is 0. The largest absolute Gasteiger partial charge is 0.205 e. The first-order valence-electron chi connectivity index (χ1n) is 6.44. The first-order chi connectivity index (χ1) is 8.58. The van der Waals surface area contributed by atoms with Crippen LogP contribution in [0.2, 0.25) is 5.02 Å². The minimum absolute atomic E-state index is 0.144. The summed E-state index contributed by atoms with van der Waals surface area (Å²) < 4.78 is 13.1. The molecule has 0 bridgehead atoms. The van der Waals surface area contributed by atoms with E-state index >= 15 is 0 Å². The molecule has 0 radical (unpaired) electrons. The van der Waals surface area contributed by atoms with Gasteiger partial charge in [-0.15, -0.1) is 0 Å². The summed E-state index contributed by atoms with van der Waals surface area (Å²) in [6, 6.07) is 7.26. The molecule has 1 aliphatic carbocycles. The van der Waals surface area contributed by atoms with E-state index in [1.54, 1.807) is 12.1 Å². The average Bonchev–Trinajstić information content (AvgIpc) is 2.78. The third-order valence-electron chi connectivity index (χ3n) is 4.05. The molecule has 1 nitrogen and oxygen atoms in total. The Bertz CT molecular complexity index is 480. The fraction of sp³-hybridized carbons (Fsp3) is 0.533. The van der Waals surface area contributed by atoms with E-state index in [2.05, 4.69) is 13.0 Å². The van der Waals surface area contributed by atoms with Gasteiger partial charge >= 0.3 is 0 Å². The first-order valence-corrected chi connectivity index (χ1v) is 6.81. The number of nitriles is 1. The molecule has 1 aromatic rings. The van der Waals surface area contributed by atoms with Crippen LogP contribution in [0.25, 0.3) is 0 Å². The zero-order valence-electron chi connectivity index (χ0n) is 10.5. The predicted octanol–water partition coefficient (Wildman–Crippen LogP) is 4.74. The van der Waals surface area contributed by atoms with Gasteiger partial charge in [0, 0.05) is 0 Å². The quantitative estimate of drug-likeness (QED) is 0.774. The summed E-state index contributed by atoms with van der Waals surface area (Å²) in [7, 11) is 0. The van der Waals surface area contributed by atoms with Crippen LogP contribution >= 0.6 is 11.6 Å². The molecule has 1 aromatic carbocycles. The highest BCUT2D eigenvalue weighted by Gasteiger charge is 2.38. The fourth-order valence-electron chi connectivity index (χ4n) is 2.93. The number of halogens is 2. The minimum Gasteiger partial charge on any atom is -0.205 e. The molecule has 0 aromatic heterocycles. The first kappa shape index (κ1) is 13.4. The van der Waals surface area contributed by atoms with E-state index in [-0.39, 0.29) is 10.4 Å². The van der Waals surface area contributed by atoms with Crippen molar-refractivity contribution in [1.29, 1.82) is 5.26 Å². The van der Waals surface area contributed by atoms with Crippen molar-refractivity contribution in [3.63, 3.8) is 0 Å². The molecular weight excluding hydrogens is 249 g/mol. The smallest absolute Gasteiger partial charge is 0.141 e. The monoisotopic (exact) mass is 265 g/mol. The van der Waals surface area contributed by atoms with Gasteiger partial charge in [0.15, 0.2) is 0 Å². The van der Waals surface area contributed by atoms with Crippen LogP contribution in [0, 0.1) is 28.5 Å². The van der Waals surface area contributed by atoms with Crippen LogP contribution in [0.3, 0.4) is 0 Å². The fourth-order valence-corrected chi connectivity index (χ4v) is 3.13. The highest BCUT2D eigenvalue weighted by atomic mass is 35.5. The standard InChI is InChI=1S/C15H17ClFN/c1-2-11-5-6-15(8-11,10-18)9-12-3-4-14(17)13(16)7-12/h3-4,7,11H,2,5-6,8-9H2,1H3. The molecule has 2 atom stereocenters. The summed E-state index contributed by atoms with van der Waals surface area (Å²) in [5, 5.41) is 9.60. The minimum atomic E-state index is -0.399. The third-order valence-corrected chi connectivity index (χ3v) is 4.34. The molecule has 0 heterocycles. The number of benzene rings is 1. The van der Waals surface area contributed by atoms with Gasteiger partial charge in [-0.2, -0.15) is 5.26 Å². The summed E-state index contributed by atoms with van der Waals surface area (Å²) in [6.07, 6.45) is 4.83. The lowest BCUT2D eigenvalue weighted by Crippen LogP contribution is -2.18. The summed E-state index contributed by atoms with van der Waals surface area (Å²) in [5.74, 6) is 0.254. The number of nitrogens with zero attached hydrogens (tertiary/aromatic N) is 1. The van der Waals surface area contributed by atoms with Crippen molar-refractivity contribution in [3.05, 3.63) is 34.6 Å². The van der Waals surface area contributed by atoms with Crippen molar-refractivity contribution in [2.24, 2.45) is 11.3 Å². The lowest BCUT2D eigenvalue weighted by molar-refractivity contribution is 0.380. The summed E-state index contributed by atoms with van der Waals surface area (Å²) in [4.78, 5) is 0. The Balaban J connectivity index is 2.16. The molecule has 2 rings (SSSR count). The Morgan fingerprint density at radius 2 is 2.33 bits per heavy atom. The van der Waals surface area contributed by atoms with Crippen LogP contribution in [-0.4, -0.2) is 0 Å².